The Kier molecular flexibility index (Phi) is 5.62. The highest BCUT2D eigenvalue weighted by Gasteiger charge is 2.29. The van der Waals surface area contributed by atoms with Gasteiger partial charge in [-0.2, -0.15) is 13.2 Å². The normalized spacial score (nSPS) is 13.9. The van der Waals surface area contributed by atoms with E-state index in [9.17, 15) is 18.3 Å². The van der Waals surface area contributed by atoms with E-state index >= 15 is 0 Å². The number of halogens is 4. The summed E-state index contributed by atoms with van der Waals surface area (Å²) in [5.74, 6) is 0. The predicted molar refractivity (Wildman–Crippen MR) is 67.3 cm³/mol. The Morgan fingerprint density at radius 1 is 1.28 bits per heavy atom. The lowest BCUT2D eigenvalue weighted by molar-refractivity contribution is -0.143. The van der Waals surface area contributed by atoms with Gasteiger partial charge in [0.15, 0.2) is 0 Å². The molecular weight excluding hydrogens is 311 g/mol. The van der Waals surface area contributed by atoms with Crippen LogP contribution in [-0.2, 0) is 0 Å². The van der Waals surface area contributed by atoms with Gasteiger partial charge >= 0.3 is 6.18 Å². The Hall–Kier alpha value is -0.590. The molecule has 1 rings (SSSR count). The average Bonchev–Trinajstić information content (AvgIpc) is 2.24. The van der Waals surface area contributed by atoms with E-state index in [2.05, 4.69) is 15.9 Å². The highest BCUT2D eigenvalue weighted by atomic mass is 79.9. The topological polar surface area (TPSA) is 23.5 Å². The van der Waals surface area contributed by atoms with Gasteiger partial charge in [-0.25, -0.2) is 0 Å². The summed E-state index contributed by atoms with van der Waals surface area (Å²) >= 11 is 3.27. The van der Waals surface area contributed by atoms with Crippen molar-refractivity contribution in [3.05, 3.63) is 34.3 Å². The minimum Gasteiger partial charge on any atom is -0.388 e. The minimum atomic E-state index is -4.20. The lowest BCUT2D eigenvalue weighted by Gasteiger charge is -2.20. The van der Waals surface area contributed by atoms with Crippen LogP contribution < -0.4 is 0 Å². The maximum Gasteiger partial charge on any atom is 0.401 e. The maximum absolute atomic E-state index is 12.1. The van der Waals surface area contributed by atoms with Gasteiger partial charge in [0, 0.05) is 11.0 Å². The summed E-state index contributed by atoms with van der Waals surface area (Å²) in [4.78, 5) is 1.15. The number of hydrogen-bond donors (Lipinski definition) is 1. The molecule has 1 aromatic carbocycles. The van der Waals surface area contributed by atoms with Gasteiger partial charge in [-0.15, -0.1) is 0 Å². The van der Waals surface area contributed by atoms with Crippen LogP contribution in [-0.4, -0.2) is 36.3 Å². The monoisotopic (exact) mass is 325 g/mol. The highest BCUT2D eigenvalue weighted by Crippen LogP contribution is 2.21. The van der Waals surface area contributed by atoms with Crippen LogP contribution in [0.15, 0.2) is 28.7 Å². The van der Waals surface area contributed by atoms with Crippen molar-refractivity contribution in [3.63, 3.8) is 0 Å². The molecule has 0 bridgehead atoms. The Morgan fingerprint density at radius 3 is 2.33 bits per heavy atom. The molecule has 18 heavy (non-hydrogen) atoms. The summed E-state index contributed by atoms with van der Waals surface area (Å²) < 4.78 is 37.2. The lowest BCUT2D eigenvalue weighted by atomic mass is 10.1. The van der Waals surface area contributed by atoms with Crippen LogP contribution in [0.4, 0.5) is 13.2 Å². The molecule has 1 N–H and O–H groups in total. The average molecular weight is 326 g/mol. The molecule has 102 valence electrons. The molecule has 0 saturated carbocycles. The van der Waals surface area contributed by atoms with Gasteiger partial charge in [0.2, 0.25) is 0 Å². The van der Waals surface area contributed by atoms with E-state index in [1.807, 2.05) is 0 Å². The van der Waals surface area contributed by atoms with E-state index in [0.29, 0.717) is 5.56 Å². The van der Waals surface area contributed by atoms with Crippen LogP contribution >= 0.6 is 15.9 Å². The summed E-state index contributed by atoms with van der Waals surface area (Å²) in [6, 6.07) is 7.08. The van der Waals surface area contributed by atoms with Gasteiger partial charge in [0.25, 0.3) is 0 Å². The number of aliphatic hydroxyl groups excluding tert-OH is 1. The van der Waals surface area contributed by atoms with Crippen LogP contribution in [0.2, 0.25) is 0 Å². The highest BCUT2D eigenvalue weighted by molar-refractivity contribution is 9.10. The Bertz CT molecular complexity index is 367. The fraction of sp³-hybridized carbons (Fsp3) is 0.500. The lowest BCUT2D eigenvalue weighted by Crippen LogP contribution is -2.32. The van der Waals surface area contributed by atoms with E-state index in [-0.39, 0.29) is 13.0 Å². The molecule has 0 fully saturated rings. The van der Waals surface area contributed by atoms with Crippen molar-refractivity contribution in [3.8, 4) is 0 Å². The summed E-state index contributed by atoms with van der Waals surface area (Å²) in [6.07, 6.45) is -4.67. The third kappa shape index (κ3) is 5.84. The zero-order valence-corrected chi connectivity index (χ0v) is 11.5. The van der Waals surface area contributed by atoms with Crippen LogP contribution in [0, 0.1) is 0 Å². The fourth-order valence-electron chi connectivity index (χ4n) is 1.58. The molecule has 0 aromatic heterocycles. The van der Waals surface area contributed by atoms with Gasteiger partial charge in [-0.05, 0) is 31.2 Å². The Morgan fingerprint density at radius 2 is 1.83 bits per heavy atom. The zero-order chi connectivity index (χ0) is 13.8. The number of aliphatic hydroxyl groups is 1. The van der Waals surface area contributed by atoms with Crippen molar-refractivity contribution in [1.29, 1.82) is 0 Å². The van der Waals surface area contributed by atoms with Crippen molar-refractivity contribution >= 4 is 15.9 Å². The maximum atomic E-state index is 12.1. The summed E-state index contributed by atoms with van der Waals surface area (Å²) in [5, 5.41) is 9.84. The quantitative estimate of drug-likeness (QED) is 0.897. The Balaban J connectivity index is 2.41. The molecule has 6 heteroatoms. The second kappa shape index (κ2) is 6.54. The van der Waals surface area contributed by atoms with Gasteiger partial charge < -0.3 is 5.11 Å². The molecule has 0 spiro atoms. The van der Waals surface area contributed by atoms with Crippen molar-refractivity contribution in [1.82, 2.24) is 4.90 Å². The largest absolute Gasteiger partial charge is 0.401 e. The third-order valence-electron chi connectivity index (χ3n) is 2.49. The van der Waals surface area contributed by atoms with Crippen molar-refractivity contribution in [2.75, 3.05) is 20.1 Å². The molecule has 1 atom stereocenters. The van der Waals surface area contributed by atoms with Crippen molar-refractivity contribution in [2.24, 2.45) is 0 Å². The number of benzene rings is 1. The number of rotatable bonds is 5. The first kappa shape index (κ1) is 15.5. The number of alkyl halides is 3. The summed E-state index contributed by atoms with van der Waals surface area (Å²) in [5.41, 5.74) is 0.707. The van der Waals surface area contributed by atoms with Gasteiger partial charge in [-0.3, -0.25) is 4.90 Å². The first-order chi connectivity index (χ1) is 8.28. The van der Waals surface area contributed by atoms with E-state index < -0.39 is 18.8 Å². The zero-order valence-electron chi connectivity index (χ0n) is 9.91. The summed E-state index contributed by atoms with van der Waals surface area (Å²) in [6.45, 7) is -0.767. The standard InChI is InChI=1S/C12H15BrF3NO/c1-17(8-12(14,15)16)7-6-11(18)9-2-4-10(13)5-3-9/h2-5,11,18H,6-8H2,1H3. The van der Waals surface area contributed by atoms with Crippen molar-refractivity contribution < 1.29 is 18.3 Å². The molecule has 0 amide bonds. The second-order valence-electron chi connectivity index (χ2n) is 4.21. The molecule has 0 aliphatic rings. The summed E-state index contributed by atoms with van der Waals surface area (Å²) in [7, 11) is 1.39. The first-order valence-electron chi connectivity index (χ1n) is 5.47. The molecule has 1 aromatic rings. The first-order valence-corrected chi connectivity index (χ1v) is 6.26. The number of nitrogens with zero attached hydrogens (tertiary/aromatic N) is 1. The molecular formula is C12H15BrF3NO. The molecule has 0 heterocycles. The van der Waals surface area contributed by atoms with Crippen molar-refractivity contribution in [2.45, 2.75) is 18.7 Å². The fourth-order valence-corrected chi connectivity index (χ4v) is 1.84. The van der Waals surface area contributed by atoms with Crippen LogP contribution in [0.1, 0.15) is 18.1 Å². The van der Waals surface area contributed by atoms with Gasteiger partial charge in [0.1, 0.15) is 0 Å². The molecule has 1 unspecified atom stereocenters. The van der Waals surface area contributed by atoms with Crippen LogP contribution in [0.3, 0.4) is 0 Å². The van der Waals surface area contributed by atoms with Crippen LogP contribution in [0.5, 0.6) is 0 Å². The molecule has 0 aliphatic carbocycles. The number of hydrogen-bond acceptors (Lipinski definition) is 2. The molecule has 0 aliphatic heterocycles. The molecule has 2 nitrogen and oxygen atoms in total. The van der Waals surface area contributed by atoms with E-state index in [4.69, 9.17) is 0 Å². The third-order valence-corrected chi connectivity index (χ3v) is 3.02. The minimum absolute atomic E-state index is 0.191. The molecule has 0 saturated heterocycles. The second-order valence-corrected chi connectivity index (χ2v) is 5.12. The SMILES string of the molecule is CN(CCC(O)c1ccc(Br)cc1)CC(F)(F)F. The van der Waals surface area contributed by atoms with Crippen LogP contribution in [0.25, 0.3) is 0 Å². The smallest absolute Gasteiger partial charge is 0.388 e. The Labute approximate surface area is 113 Å². The predicted octanol–water partition coefficient (Wildman–Crippen LogP) is 3.37. The van der Waals surface area contributed by atoms with E-state index in [0.717, 1.165) is 9.37 Å². The van der Waals surface area contributed by atoms with E-state index in [1.165, 1.54) is 7.05 Å². The van der Waals surface area contributed by atoms with Gasteiger partial charge in [-0.1, -0.05) is 28.1 Å². The molecule has 0 radical (unpaired) electrons. The van der Waals surface area contributed by atoms with Gasteiger partial charge in [0.05, 0.1) is 12.6 Å². The van der Waals surface area contributed by atoms with E-state index in [1.54, 1.807) is 24.3 Å².